The molecule has 0 N–H and O–H groups in total. The highest BCUT2D eigenvalue weighted by atomic mass is 16.5. The Labute approximate surface area is 117 Å². The summed E-state index contributed by atoms with van der Waals surface area (Å²) in [5, 5.41) is 4.60. The molecule has 3 aromatic carbocycles. The zero-order chi connectivity index (χ0) is 14.1. The molecule has 0 bridgehead atoms. The summed E-state index contributed by atoms with van der Waals surface area (Å²) in [6.45, 7) is 5.22. The second kappa shape index (κ2) is 4.82. The van der Waals surface area contributed by atoms with Crippen LogP contribution < -0.4 is 4.74 Å². The normalized spacial score (nSPS) is 10.7. The fourth-order valence-electron chi connectivity index (χ4n) is 2.25. The monoisotopic (exact) mass is 262 g/mol. The Hall–Kier alpha value is -2.61. The SMILES string of the molecule is C=C(C)C(=O)Oc1ccc2c(ccc3ccccc32)c1. The summed E-state index contributed by atoms with van der Waals surface area (Å²) in [5.74, 6) is 0.144. The van der Waals surface area contributed by atoms with Gasteiger partial charge in [0.2, 0.25) is 0 Å². The van der Waals surface area contributed by atoms with Crippen molar-refractivity contribution >= 4 is 27.5 Å². The van der Waals surface area contributed by atoms with Crippen molar-refractivity contribution in [2.75, 3.05) is 0 Å². The molecule has 2 heteroatoms. The third kappa shape index (κ3) is 2.16. The molecule has 0 spiro atoms. The van der Waals surface area contributed by atoms with Gasteiger partial charge in [0.1, 0.15) is 5.75 Å². The van der Waals surface area contributed by atoms with E-state index in [1.807, 2.05) is 36.4 Å². The number of hydrogen-bond acceptors (Lipinski definition) is 2. The van der Waals surface area contributed by atoms with Gasteiger partial charge < -0.3 is 4.74 Å². The van der Waals surface area contributed by atoms with Crippen LogP contribution in [0.3, 0.4) is 0 Å². The van der Waals surface area contributed by atoms with E-state index in [4.69, 9.17) is 4.74 Å². The van der Waals surface area contributed by atoms with Crippen LogP contribution in [-0.2, 0) is 4.79 Å². The average Bonchev–Trinajstić information content (AvgIpc) is 2.46. The Morgan fingerprint density at radius 3 is 2.45 bits per heavy atom. The maximum absolute atomic E-state index is 11.5. The van der Waals surface area contributed by atoms with Gasteiger partial charge in [-0.2, -0.15) is 0 Å². The first-order valence-corrected chi connectivity index (χ1v) is 6.44. The van der Waals surface area contributed by atoms with Crippen molar-refractivity contribution in [1.82, 2.24) is 0 Å². The molecule has 0 radical (unpaired) electrons. The van der Waals surface area contributed by atoms with Crippen LogP contribution >= 0.6 is 0 Å². The molecule has 0 aliphatic carbocycles. The number of ether oxygens (including phenoxy) is 1. The molecular weight excluding hydrogens is 248 g/mol. The van der Waals surface area contributed by atoms with E-state index >= 15 is 0 Å². The zero-order valence-electron chi connectivity index (χ0n) is 11.2. The van der Waals surface area contributed by atoms with Crippen LogP contribution in [0.15, 0.2) is 66.7 Å². The molecule has 0 saturated heterocycles. The molecule has 0 heterocycles. The molecule has 0 fully saturated rings. The van der Waals surface area contributed by atoms with Gasteiger partial charge in [-0.3, -0.25) is 0 Å². The lowest BCUT2D eigenvalue weighted by molar-refractivity contribution is -0.130. The van der Waals surface area contributed by atoms with Gasteiger partial charge in [0, 0.05) is 5.57 Å². The van der Waals surface area contributed by atoms with Crippen molar-refractivity contribution in [3.8, 4) is 5.75 Å². The second-order valence-corrected chi connectivity index (χ2v) is 4.84. The van der Waals surface area contributed by atoms with Gasteiger partial charge in [-0.05, 0) is 40.6 Å². The first kappa shape index (κ1) is 12.4. The van der Waals surface area contributed by atoms with Crippen LogP contribution in [0.1, 0.15) is 6.92 Å². The lowest BCUT2D eigenvalue weighted by atomic mass is 10.0. The molecule has 0 saturated carbocycles. The van der Waals surface area contributed by atoms with E-state index in [0.717, 1.165) is 10.8 Å². The number of esters is 1. The Bertz CT molecular complexity index is 831. The van der Waals surface area contributed by atoms with Crippen LogP contribution in [0.5, 0.6) is 5.75 Å². The average molecular weight is 262 g/mol. The zero-order valence-corrected chi connectivity index (χ0v) is 11.2. The Morgan fingerprint density at radius 1 is 0.950 bits per heavy atom. The molecule has 20 heavy (non-hydrogen) atoms. The minimum atomic E-state index is -0.398. The molecule has 0 aromatic heterocycles. The van der Waals surface area contributed by atoms with E-state index in [1.54, 1.807) is 6.92 Å². The van der Waals surface area contributed by atoms with Crippen molar-refractivity contribution < 1.29 is 9.53 Å². The topological polar surface area (TPSA) is 26.3 Å². The van der Waals surface area contributed by atoms with E-state index in [0.29, 0.717) is 11.3 Å². The van der Waals surface area contributed by atoms with Gasteiger partial charge >= 0.3 is 5.97 Å². The van der Waals surface area contributed by atoms with Crippen LogP contribution in [0, 0.1) is 0 Å². The molecule has 98 valence electrons. The van der Waals surface area contributed by atoms with Crippen LogP contribution in [0.25, 0.3) is 21.5 Å². The summed E-state index contributed by atoms with van der Waals surface area (Å²) in [4.78, 5) is 11.5. The lowest BCUT2D eigenvalue weighted by Gasteiger charge is -2.07. The fraction of sp³-hybridized carbons (Fsp3) is 0.0556. The molecule has 0 aliphatic heterocycles. The number of carbonyl (C=O) groups is 1. The summed E-state index contributed by atoms with van der Waals surface area (Å²) >= 11 is 0. The highest BCUT2D eigenvalue weighted by molar-refractivity contribution is 6.07. The summed E-state index contributed by atoms with van der Waals surface area (Å²) in [5.41, 5.74) is 0.392. The molecule has 0 amide bonds. The van der Waals surface area contributed by atoms with Crippen LogP contribution in [-0.4, -0.2) is 5.97 Å². The summed E-state index contributed by atoms with van der Waals surface area (Å²) in [6, 6.07) is 18.0. The van der Waals surface area contributed by atoms with E-state index in [1.165, 1.54) is 10.8 Å². The third-order valence-corrected chi connectivity index (χ3v) is 3.28. The van der Waals surface area contributed by atoms with Crippen LogP contribution in [0.2, 0.25) is 0 Å². The summed E-state index contributed by atoms with van der Waals surface area (Å²) < 4.78 is 5.26. The summed E-state index contributed by atoms with van der Waals surface area (Å²) in [6.07, 6.45) is 0. The fourth-order valence-corrected chi connectivity index (χ4v) is 2.25. The van der Waals surface area contributed by atoms with Crippen molar-refractivity contribution in [3.63, 3.8) is 0 Å². The van der Waals surface area contributed by atoms with Gasteiger partial charge in [0.15, 0.2) is 0 Å². The van der Waals surface area contributed by atoms with E-state index in [2.05, 4.69) is 24.8 Å². The predicted molar refractivity (Wildman–Crippen MR) is 81.9 cm³/mol. The maximum Gasteiger partial charge on any atom is 0.338 e. The van der Waals surface area contributed by atoms with Gasteiger partial charge in [0.25, 0.3) is 0 Å². The quantitative estimate of drug-likeness (QED) is 0.295. The minimum absolute atomic E-state index is 0.392. The van der Waals surface area contributed by atoms with E-state index < -0.39 is 5.97 Å². The molecule has 3 aromatic rings. The Balaban J connectivity index is 2.10. The highest BCUT2D eigenvalue weighted by Crippen LogP contribution is 2.28. The molecular formula is C18H14O2. The minimum Gasteiger partial charge on any atom is -0.423 e. The maximum atomic E-state index is 11.5. The van der Waals surface area contributed by atoms with E-state index in [9.17, 15) is 4.79 Å². The van der Waals surface area contributed by atoms with Gasteiger partial charge in [0.05, 0.1) is 0 Å². The number of carbonyl (C=O) groups excluding carboxylic acids is 1. The number of fused-ring (bicyclic) bond motifs is 3. The lowest BCUT2D eigenvalue weighted by Crippen LogP contribution is -2.07. The summed E-state index contributed by atoms with van der Waals surface area (Å²) in [7, 11) is 0. The first-order valence-electron chi connectivity index (χ1n) is 6.44. The Kier molecular flexibility index (Phi) is 2.99. The predicted octanol–water partition coefficient (Wildman–Crippen LogP) is 4.47. The van der Waals surface area contributed by atoms with Crippen molar-refractivity contribution in [2.24, 2.45) is 0 Å². The van der Waals surface area contributed by atoms with Gasteiger partial charge in [-0.15, -0.1) is 0 Å². The molecule has 2 nitrogen and oxygen atoms in total. The third-order valence-electron chi connectivity index (χ3n) is 3.28. The molecule has 3 rings (SSSR count). The first-order chi connectivity index (χ1) is 9.65. The van der Waals surface area contributed by atoms with Crippen LogP contribution in [0.4, 0.5) is 0 Å². The van der Waals surface area contributed by atoms with Crippen molar-refractivity contribution in [1.29, 1.82) is 0 Å². The smallest absolute Gasteiger partial charge is 0.338 e. The number of rotatable bonds is 2. The van der Waals surface area contributed by atoms with Crippen molar-refractivity contribution in [2.45, 2.75) is 6.92 Å². The second-order valence-electron chi connectivity index (χ2n) is 4.84. The molecule has 0 atom stereocenters. The van der Waals surface area contributed by atoms with Crippen molar-refractivity contribution in [3.05, 3.63) is 66.7 Å². The van der Waals surface area contributed by atoms with Gasteiger partial charge in [-0.25, -0.2) is 4.79 Å². The van der Waals surface area contributed by atoms with E-state index in [-0.39, 0.29) is 0 Å². The number of benzene rings is 3. The molecule has 0 unspecified atom stereocenters. The largest absolute Gasteiger partial charge is 0.423 e. The Morgan fingerprint density at radius 2 is 1.65 bits per heavy atom. The van der Waals surface area contributed by atoms with Gasteiger partial charge in [-0.1, -0.05) is 49.0 Å². The highest BCUT2D eigenvalue weighted by Gasteiger charge is 2.07. The standard InChI is InChI=1S/C18H14O2/c1-12(2)18(19)20-15-9-10-17-14(11-15)8-7-13-5-3-4-6-16(13)17/h3-11H,1H2,2H3. The molecule has 0 aliphatic rings. The number of hydrogen-bond donors (Lipinski definition) is 0.